The Morgan fingerprint density at radius 3 is 2.84 bits per heavy atom. The average Bonchev–Trinajstić information content (AvgIpc) is 2.74. The molecule has 1 heterocycles. The molecule has 0 saturated heterocycles. The summed E-state index contributed by atoms with van der Waals surface area (Å²) in [6, 6.07) is 6.34. The number of methoxy groups -OCH3 is 1. The van der Waals surface area contributed by atoms with Gasteiger partial charge in [0.15, 0.2) is 0 Å². The molecule has 0 amide bonds. The molecule has 0 saturated carbocycles. The number of aromatic nitrogens is 2. The molecule has 0 spiro atoms. The highest BCUT2D eigenvalue weighted by Crippen LogP contribution is 2.22. The van der Waals surface area contributed by atoms with E-state index in [1.807, 2.05) is 23.9 Å². The minimum atomic E-state index is 0.153. The molecular weight excluding hydrogens is 306 g/mol. The van der Waals surface area contributed by atoms with Crippen molar-refractivity contribution in [2.45, 2.75) is 25.9 Å². The van der Waals surface area contributed by atoms with Crippen LogP contribution in [0.5, 0.6) is 5.75 Å². The Morgan fingerprint density at radius 2 is 2.26 bits per heavy atom. The van der Waals surface area contributed by atoms with Crippen LogP contribution in [0.1, 0.15) is 18.1 Å². The predicted molar refractivity (Wildman–Crippen MR) is 79.4 cm³/mol. The van der Waals surface area contributed by atoms with Crippen LogP contribution in [0.3, 0.4) is 0 Å². The second-order valence-corrected chi connectivity index (χ2v) is 5.60. The number of nitrogens with two attached hydrogens (primary N) is 1. The molecule has 1 atom stereocenters. The highest BCUT2D eigenvalue weighted by Gasteiger charge is 2.07. The van der Waals surface area contributed by atoms with Gasteiger partial charge in [-0.3, -0.25) is 4.68 Å². The van der Waals surface area contributed by atoms with Gasteiger partial charge in [0.05, 0.1) is 24.3 Å². The lowest BCUT2D eigenvalue weighted by Gasteiger charge is -2.12. The fraction of sp³-hybridized carbons (Fsp3) is 0.357. The van der Waals surface area contributed by atoms with Crippen molar-refractivity contribution in [1.82, 2.24) is 9.78 Å². The topological polar surface area (TPSA) is 53.1 Å². The quantitative estimate of drug-likeness (QED) is 0.920. The average molecular weight is 324 g/mol. The number of hydrogen-bond donors (Lipinski definition) is 1. The summed E-state index contributed by atoms with van der Waals surface area (Å²) < 4.78 is 8.24. The Morgan fingerprint density at radius 1 is 1.47 bits per heavy atom. The summed E-state index contributed by atoms with van der Waals surface area (Å²) in [7, 11) is 1.68. The summed E-state index contributed by atoms with van der Waals surface area (Å²) in [6.45, 7) is 2.69. The van der Waals surface area contributed by atoms with Crippen molar-refractivity contribution >= 4 is 15.9 Å². The molecule has 0 fully saturated rings. The molecule has 2 rings (SSSR count). The number of nitrogens with zero attached hydrogens (tertiary/aromatic N) is 2. The van der Waals surface area contributed by atoms with Crippen LogP contribution >= 0.6 is 15.9 Å². The zero-order chi connectivity index (χ0) is 13.8. The Kier molecular flexibility index (Phi) is 4.61. The molecule has 0 aliphatic heterocycles. The molecular formula is C14H18BrN3O. The summed E-state index contributed by atoms with van der Waals surface area (Å²) in [5, 5.41) is 4.27. The summed E-state index contributed by atoms with van der Waals surface area (Å²) >= 11 is 3.40. The lowest BCUT2D eigenvalue weighted by atomic mass is 10.0. The van der Waals surface area contributed by atoms with E-state index in [1.54, 1.807) is 13.3 Å². The van der Waals surface area contributed by atoms with Crippen LogP contribution in [0.15, 0.2) is 35.1 Å². The minimum Gasteiger partial charge on any atom is -0.496 e. The Bertz CT molecular complexity index is 551. The van der Waals surface area contributed by atoms with Crippen molar-refractivity contribution in [1.29, 1.82) is 0 Å². The number of rotatable bonds is 5. The van der Waals surface area contributed by atoms with Crippen molar-refractivity contribution in [2.24, 2.45) is 5.73 Å². The van der Waals surface area contributed by atoms with Gasteiger partial charge in [-0.2, -0.15) is 5.10 Å². The van der Waals surface area contributed by atoms with Gasteiger partial charge in [0.1, 0.15) is 5.75 Å². The zero-order valence-corrected chi connectivity index (χ0v) is 12.7. The van der Waals surface area contributed by atoms with Crippen LogP contribution in [0.2, 0.25) is 0 Å². The molecule has 0 aliphatic carbocycles. The van der Waals surface area contributed by atoms with Gasteiger partial charge in [-0.15, -0.1) is 0 Å². The molecule has 102 valence electrons. The van der Waals surface area contributed by atoms with Gasteiger partial charge in [-0.25, -0.2) is 0 Å². The van der Waals surface area contributed by atoms with Gasteiger partial charge in [-0.1, -0.05) is 12.1 Å². The smallest absolute Gasteiger partial charge is 0.123 e. The van der Waals surface area contributed by atoms with E-state index in [9.17, 15) is 0 Å². The predicted octanol–water partition coefficient (Wildman–Crippen LogP) is 2.59. The molecule has 0 bridgehead atoms. The standard InChI is InChI=1S/C14H18BrN3O/c1-10(16)5-11-3-4-14(19-2)12(6-11)8-18-9-13(15)7-17-18/h3-4,6-7,9-10H,5,8,16H2,1-2H3. The van der Waals surface area contributed by atoms with E-state index in [4.69, 9.17) is 10.5 Å². The van der Waals surface area contributed by atoms with E-state index in [0.29, 0.717) is 6.54 Å². The largest absolute Gasteiger partial charge is 0.496 e. The lowest BCUT2D eigenvalue weighted by molar-refractivity contribution is 0.407. The van der Waals surface area contributed by atoms with E-state index < -0.39 is 0 Å². The Balaban J connectivity index is 2.25. The first-order valence-electron chi connectivity index (χ1n) is 6.18. The third-order valence-electron chi connectivity index (χ3n) is 2.84. The van der Waals surface area contributed by atoms with Gasteiger partial charge >= 0.3 is 0 Å². The van der Waals surface area contributed by atoms with E-state index >= 15 is 0 Å². The summed E-state index contributed by atoms with van der Waals surface area (Å²) in [6.07, 6.45) is 4.58. The molecule has 1 unspecified atom stereocenters. The first-order chi connectivity index (χ1) is 9.08. The monoisotopic (exact) mass is 323 g/mol. The molecule has 0 aliphatic rings. The third kappa shape index (κ3) is 3.81. The Hall–Kier alpha value is -1.33. The van der Waals surface area contributed by atoms with Crippen LogP contribution in [0.25, 0.3) is 0 Å². The van der Waals surface area contributed by atoms with Gasteiger partial charge in [0.2, 0.25) is 0 Å². The maximum Gasteiger partial charge on any atom is 0.123 e. The molecule has 1 aromatic heterocycles. The van der Waals surface area contributed by atoms with Crippen LogP contribution in [-0.2, 0) is 13.0 Å². The summed E-state index contributed by atoms with van der Waals surface area (Å²) in [4.78, 5) is 0. The first kappa shape index (κ1) is 14.1. The molecule has 2 N–H and O–H groups in total. The van der Waals surface area contributed by atoms with Crippen molar-refractivity contribution < 1.29 is 4.74 Å². The van der Waals surface area contributed by atoms with Crippen molar-refractivity contribution in [3.8, 4) is 5.75 Å². The SMILES string of the molecule is COc1ccc(CC(C)N)cc1Cn1cc(Br)cn1. The number of halogens is 1. The van der Waals surface area contributed by atoms with Crippen LogP contribution in [0, 0.1) is 0 Å². The molecule has 19 heavy (non-hydrogen) atoms. The second-order valence-electron chi connectivity index (χ2n) is 4.68. The summed E-state index contributed by atoms with van der Waals surface area (Å²) in [5.74, 6) is 0.875. The number of benzene rings is 1. The lowest BCUT2D eigenvalue weighted by Crippen LogP contribution is -2.18. The van der Waals surface area contributed by atoms with E-state index in [-0.39, 0.29) is 6.04 Å². The first-order valence-corrected chi connectivity index (χ1v) is 6.97. The highest BCUT2D eigenvalue weighted by atomic mass is 79.9. The molecule has 4 nitrogen and oxygen atoms in total. The molecule has 0 radical (unpaired) electrons. The minimum absolute atomic E-state index is 0.153. The number of ether oxygens (including phenoxy) is 1. The summed E-state index contributed by atoms with van der Waals surface area (Å²) in [5.41, 5.74) is 8.17. The van der Waals surface area contributed by atoms with Crippen molar-refractivity contribution in [3.63, 3.8) is 0 Å². The third-order valence-corrected chi connectivity index (χ3v) is 3.25. The van der Waals surface area contributed by atoms with Crippen LogP contribution in [0.4, 0.5) is 0 Å². The van der Waals surface area contributed by atoms with Crippen LogP contribution in [-0.4, -0.2) is 22.9 Å². The normalized spacial score (nSPS) is 12.4. The van der Waals surface area contributed by atoms with Crippen molar-refractivity contribution in [3.05, 3.63) is 46.2 Å². The van der Waals surface area contributed by atoms with E-state index in [1.165, 1.54) is 5.56 Å². The number of hydrogen-bond acceptors (Lipinski definition) is 3. The van der Waals surface area contributed by atoms with E-state index in [2.05, 4.69) is 33.2 Å². The van der Waals surface area contributed by atoms with E-state index in [0.717, 1.165) is 22.2 Å². The van der Waals surface area contributed by atoms with Crippen LogP contribution < -0.4 is 10.5 Å². The van der Waals surface area contributed by atoms with Gasteiger partial charge < -0.3 is 10.5 Å². The highest BCUT2D eigenvalue weighted by molar-refractivity contribution is 9.10. The molecule has 1 aromatic carbocycles. The maximum atomic E-state index is 5.85. The van der Waals surface area contributed by atoms with Gasteiger partial charge in [0, 0.05) is 17.8 Å². The Labute approximate surface area is 121 Å². The zero-order valence-electron chi connectivity index (χ0n) is 11.1. The van der Waals surface area contributed by atoms with Gasteiger partial charge in [0.25, 0.3) is 0 Å². The van der Waals surface area contributed by atoms with Gasteiger partial charge in [-0.05, 0) is 40.9 Å². The molecule has 5 heteroatoms. The van der Waals surface area contributed by atoms with Crippen molar-refractivity contribution in [2.75, 3.05) is 7.11 Å². The fourth-order valence-electron chi connectivity index (χ4n) is 2.05. The maximum absolute atomic E-state index is 5.85. The molecule has 2 aromatic rings. The fourth-order valence-corrected chi connectivity index (χ4v) is 2.38. The second kappa shape index (κ2) is 6.21.